The van der Waals surface area contributed by atoms with Crippen LogP contribution in [0.3, 0.4) is 0 Å². The van der Waals surface area contributed by atoms with Gasteiger partial charge in [-0.15, -0.1) is 0 Å². The first-order chi connectivity index (χ1) is 12.2. The molecule has 0 atom stereocenters. The van der Waals surface area contributed by atoms with Gasteiger partial charge in [-0.1, -0.05) is 24.3 Å². The summed E-state index contributed by atoms with van der Waals surface area (Å²) in [7, 11) is 0. The number of carboxylic acids is 1. The van der Waals surface area contributed by atoms with Crippen LogP contribution in [0.25, 0.3) is 21.9 Å². The van der Waals surface area contributed by atoms with Gasteiger partial charge in [0.25, 0.3) is 0 Å². The first-order valence-corrected chi connectivity index (χ1v) is 8.50. The van der Waals surface area contributed by atoms with Gasteiger partial charge in [-0.2, -0.15) is 4.40 Å². The number of carbonyl (C=O) groups is 1. The normalized spacial score (nSPS) is 11.4. The van der Waals surface area contributed by atoms with Crippen LogP contribution >= 0.6 is 0 Å². The van der Waals surface area contributed by atoms with Crippen molar-refractivity contribution in [2.75, 3.05) is 18.0 Å². The molecule has 0 saturated heterocycles. The summed E-state index contributed by atoms with van der Waals surface area (Å²) >= 11 is 0. The maximum Gasteiger partial charge on any atom is 0.370 e. The summed E-state index contributed by atoms with van der Waals surface area (Å²) < 4.78 is 4.26. The van der Waals surface area contributed by atoms with Gasteiger partial charge in [0.2, 0.25) is 0 Å². The van der Waals surface area contributed by atoms with E-state index in [4.69, 9.17) is 0 Å². The van der Waals surface area contributed by atoms with Crippen LogP contribution in [0.1, 0.15) is 24.2 Å². The van der Waals surface area contributed by atoms with Crippen molar-refractivity contribution >= 4 is 33.9 Å². The second-order valence-corrected chi connectivity index (χ2v) is 6.01. The lowest BCUT2D eigenvalue weighted by Gasteiger charge is -2.14. The van der Waals surface area contributed by atoms with E-state index in [-0.39, 0.29) is 5.56 Å². The van der Waals surface area contributed by atoms with E-state index in [1.165, 1.54) is 0 Å². The molecule has 4 rings (SSSR count). The van der Waals surface area contributed by atoms with Gasteiger partial charge in [-0.05, 0) is 38.1 Å². The highest BCUT2D eigenvalue weighted by Gasteiger charge is 2.26. The van der Waals surface area contributed by atoms with Crippen LogP contribution in [0.2, 0.25) is 0 Å². The molecule has 126 valence electrons. The first-order valence-electron chi connectivity index (χ1n) is 8.50. The topological polar surface area (TPSA) is 51.9 Å². The Morgan fingerprint density at radius 3 is 2.52 bits per heavy atom. The van der Waals surface area contributed by atoms with Crippen molar-refractivity contribution in [3.8, 4) is 0 Å². The Kier molecular flexibility index (Phi) is 3.57. The van der Waals surface area contributed by atoms with E-state index in [9.17, 15) is 9.90 Å². The van der Waals surface area contributed by atoms with Crippen LogP contribution in [-0.4, -0.2) is 23.5 Å². The zero-order chi connectivity index (χ0) is 17.6. The smallest absolute Gasteiger partial charge is 0.370 e. The number of nitrogens with zero attached hydrogens (tertiary/aromatic N) is 3. The molecule has 3 heterocycles. The van der Waals surface area contributed by atoms with Gasteiger partial charge in [0.05, 0.1) is 25.3 Å². The number of para-hydroxylation sites is 1. The standard InChI is InChI=1S/C20H19N3O2/c1-3-21(4-2)20-22-12-8-7-11-17(22)18-13-15(19(24)25)14-9-5-6-10-16(14)23(18)20/h5-13H,3-4H2,1-2H3. The maximum absolute atomic E-state index is 11.7. The minimum atomic E-state index is -1.15. The molecular weight excluding hydrogens is 314 g/mol. The van der Waals surface area contributed by atoms with Crippen molar-refractivity contribution in [1.29, 1.82) is 0 Å². The molecule has 1 aromatic carbocycles. The molecule has 0 amide bonds. The van der Waals surface area contributed by atoms with Crippen LogP contribution in [0.15, 0.2) is 54.7 Å². The van der Waals surface area contributed by atoms with Gasteiger partial charge >= 0.3 is 5.95 Å². The number of benzene rings is 1. The molecule has 5 heteroatoms. The summed E-state index contributed by atoms with van der Waals surface area (Å²) in [4.78, 5) is 14.0. The number of carbonyl (C=O) groups excluding carboxylic acids is 1. The van der Waals surface area contributed by atoms with E-state index in [0.717, 1.165) is 35.6 Å². The fourth-order valence-electron chi connectivity index (χ4n) is 3.61. The van der Waals surface area contributed by atoms with E-state index >= 15 is 0 Å². The minimum absolute atomic E-state index is 0.220. The van der Waals surface area contributed by atoms with Crippen molar-refractivity contribution in [2.45, 2.75) is 13.8 Å². The lowest BCUT2D eigenvalue weighted by atomic mass is 10.1. The molecule has 3 aromatic heterocycles. The van der Waals surface area contributed by atoms with Gasteiger partial charge in [-0.3, -0.25) is 4.90 Å². The molecule has 0 saturated carbocycles. The van der Waals surface area contributed by atoms with E-state index in [0.29, 0.717) is 5.39 Å². The number of anilines is 1. The first kappa shape index (κ1) is 15.4. The Hall–Kier alpha value is -3.08. The van der Waals surface area contributed by atoms with Crippen LogP contribution in [0.4, 0.5) is 5.95 Å². The molecule has 5 nitrogen and oxygen atoms in total. The summed E-state index contributed by atoms with van der Waals surface area (Å²) in [5.41, 5.74) is 2.92. The second kappa shape index (κ2) is 5.77. The Labute approximate surface area is 145 Å². The molecular formula is C20H19N3O2. The van der Waals surface area contributed by atoms with E-state index in [1.807, 2.05) is 48.7 Å². The summed E-state index contributed by atoms with van der Waals surface area (Å²) in [6.07, 6.45) is 2.02. The Bertz CT molecular complexity index is 1110. The number of aromatic nitrogens is 2. The van der Waals surface area contributed by atoms with Gasteiger partial charge in [-0.25, -0.2) is 4.40 Å². The summed E-state index contributed by atoms with van der Waals surface area (Å²) in [6, 6.07) is 15.3. The van der Waals surface area contributed by atoms with E-state index in [1.54, 1.807) is 6.07 Å². The lowest BCUT2D eigenvalue weighted by molar-refractivity contribution is -0.497. The van der Waals surface area contributed by atoms with Crippen LogP contribution < -0.4 is 14.4 Å². The molecule has 4 aromatic rings. The van der Waals surface area contributed by atoms with Crippen LogP contribution in [-0.2, 0) is 0 Å². The number of hydrogen-bond acceptors (Lipinski definition) is 3. The number of aromatic carboxylic acids is 1. The monoisotopic (exact) mass is 333 g/mol. The third-order valence-electron chi connectivity index (χ3n) is 4.76. The summed E-state index contributed by atoms with van der Waals surface area (Å²) in [5.74, 6) is -0.130. The maximum atomic E-state index is 11.7. The summed E-state index contributed by atoms with van der Waals surface area (Å²) in [6.45, 7) is 5.96. The Morgan fingerprint density at radius 1 is 1.08 bits per heavy atom. The zero-order valence-corrected chi connectivity index (χ0v) is 14.3. The Morgan fingerprint density at radius 2 is 1.80 bits per heavy atom. The van der Waals surface area contributed by atoms with Crippen molar-refractivity contribution in [2.24, 2.45) is 0 Å². The molecule has 0 spiro atoms. The Balaban J connectivity index is 2.31. The SMILES string of the molecule is CCN(CC)c1n2c3ccccc3c(C(=O)[O-])cc2c2cccc[n+]12. The molecule has 0 fully saturated rings. The quantitative estimate of drug-likeness (QED) is 0.537. The third-order valence-corrected chi connectivity index (χ3v) is 4.76. The molecule has 0 radical (unpaired) electrons. The average molecular weight is 333 g/mol. The van der Waals surface area contributed by atoms with Crippen molar-refractivity contribution in [3.63, 3.8) is 0 Å². The van der Waals surface area contributed by atoms with Gasteiger partial charge in [0.15, 0.2) is 0 Å². The average Bonchev–Trinajstić information content (AvgIpc) is 2.97. The van der Waals surface area contributed by atoms with Gasteiger partial charge in [0, 0.05) is 10.9 Å². The minimum Gasteiger partial charge on any atom is -0.545 e. The van der Waals surface area contributed by atoms with Crippen LogP contribution in [0, 0.1) is 0 Å². The predicted octanol–water partition coefficient (Wildman–Crippen LogP) is 2.04. The number of fused-ring (bicyclic) bond motifs is 5. The predicted molar refractivity (Wildman–Crippen MR) is 96.0 cm³/mol. The molecule has 0 aliphatic carbocycles. The lowest BCUT2D eigenvalue weighted by Crippen LogP contribution is -2.34. The number of rotatable bonds is 4. The highest BCUT2D eigenvalue weighted by molar-refractivity contribution is 6.05. The zero-order valence-electron chi connectivity index (χ0n) is 14.3. The van der Waals surface area contributed by atoms with Crippen molar-refractivity contribution in [1.82, 2.24) is 4.40 Å². The fraction of sp³-hybridized carbons (Fsp3) is 0.200. The summed E-state index contributed by atoms with van der Waals surface area (Å²) in [5, 5.41) is 12.4. The van der Waals surface area contributed by atoms with Gasteiger partial charge in [0.1, 0.15) is 16.6 Å². The number of carboxylic acid groups (broad SMARTS) is 1. The number of pyridine rings is 2. The highest BCUT2D eigenvalue weighted by Crippen LogP contribution is 2.28. The molecule has 0 aliphatic rings. The van der Waals surface area contributed by atoms with Crippen molar-refractivity contribution in [3.05, 3.63) is 60.3 Å². The van der Waals surface area contributed by atoms with Crippen LogP contribution in [0.5, 0.6) is 0 Å². The van der Waals surface area contributed by atoms with E-state index in [2.05, 4.69) is 27.5 Å². The van der Waals surface area contributed by atoms with Gasteiger partial charge < -0.3 is 9.90 Å². The van der Waals surface area contributed by atoms with Crippen molar-refractivity contribution < 1.29 is 14.3 Å². The number of imidazole rings is 1. The van der Waals surface area contributed by atoms with E-state index < -0.39 is 5.97 Å². The fourth-order valence-corrected chi connectivity index (χ4v) is 3.61. The highest BCUT2D eigenvalue weighted by atomic mass is 16.4. The molecule has 0 unspecified atom stereocenters. The molecule has 0 aliphatic heterocycles. The third kappa shape index (κ3) is 2.16. The molecule has 0 bridgehead atoms. The number of hydrogen-bond donors (Lipinski definition) is 0. The largest absolute Gasteiger partial charge is 0.545 e. The molecule has 0 N–H and O–H groups in total. The second-order valence-electron chi connectivity index (χ2n) is 6.01. The molecule has 25 heavy (non-hydrogen) atoms.